The molecule has 0 aliphatic carbocycles. The van der Waals surface area contributed by atoms with Crippen LogP contribution >= 0.6 is 23.4 Å². The van der Waals surface area contributed by atoms with Crippen molar-refractivity contribution in [2.75, 3.05) is 0 Å². The predicted octanol–water partition coefficient (Wildman–Crippen LogP) is 5.55. The molecule has 0 aliphatic heterocycles. The molecule has 148 valence electrons. The number of hydrogen-bond donors (Lipinski definition) is 1. The lowest BCUT2D eigenvalue weighted by Gasteiger charge is -2.09. The van der Waals surface area contributed by atoms with Crippen LogP contribution in [-0.2, 0) is 11.4 Å². The van der Waals surface area contributed by atoms with E-state index < -0.39 is 0 Å². The maximum atomic E-state index is 12.2. The summed E-state index contributed by atoms with van der Waals surface area (Å²) in [7, 11) is 0. The van der Waals surface area contributed by atoms with Gasteiger partial charge in [-0.25, -0.2) is 5.43 Å². The molecule has 0 spiro atoms. The van der Waals surface area contributed by atoms with E-state index in [1.54, 1.807) is 6.21 Å². The number of amides is 1. The first-order chi connectivity index (χ1) is 14.1. The van der Waals surface area contributed by atoms with Gasteiger partial charge >= 0.3 is 0 Å². The Morgan fingerprint density at radius 1 is 1.10 bits per heavy atom. The van der Waals surface area contributed by atoms with Crippen LogP contribution in [0.5, 0.6) is 5.75 Å². The number of rotatable bonds is 8. The Morgan fingerprint density at radius 2 is 1.86 bits per heavy atom. The van der Waals surface area contributed by atoms with Gasteiger partial charge < -0.3 is 4.74 Å². The minimum atomic E-state index is -0.239. The number of thioether (sulfide) groups is 1. The summed E-state index contributed by atoms with van der Waals surface area (Å²) in [5.41, 5.74) is 4.46. The molecule has 1 unspecified atom stereocenters. The molecule has 1 amide bonds. The van der Waals surface area contributed by atoms with Crippen molar-refractivity contribution < 1.29 is 9.53 Å². The Bertz CT molecular complexity index is 962. The SMILES string of the molecule is CC(Sc1ccccc1)C(=O)NN=Cc1ccc(OCc2cccc(Cl)c2)cc1. The number of hydrazone groups is 1. The summed E-state index contributed by atoms with van der Waals surface area (Å²) in [6, 6.07) is 24.9. The summed E-state index contributed by atoms with van der Waals surface area (Å²) >= 11 is 7.47. The molecule has 3 aromatic carbocycles. The molecular weight excluding hydrogens is 404 g/mol. The highest BCUT2D eigenvalue weighted by Crippen LogP contribution is 2.22. The van der Waals surface area contributed by atoms with Crippen LogP contribution in [0.25, 0.3) is 0 Å². The highest BCUT2D eigenvalue weighted by molar-refractivity contribution is 8.00. The molecule has 0 heterocycles. The number of hydrogen-bond acceptors (Lipinski definition) is 4. The first kappa shape index (κ1) is 21.0. The van der Waals surface area contributed by atoms with Gasteiger partial charge in [0.05, 0.1) is 11.5 Å². The third kappa shape index (κ3) is 6.97. The van der Waals surface area contributed by atoms with E-state index >= 15 is 0 Å². The number of ether oxygens (including phenoxy) is 1. The molecule has 29 heavy (non-hydrogen) atoms. The molecule has 0 saturated heterocycles. The van der Waals surface area contributed by atoms with Crippen LogP contribution in [0, 0.1) is 0 Å². The van der Waals surface area contributed by atoms with E-state index in [0.29, 0.717) is 11.6 Å². The summed E-state index contributed by atoms with van der Waals surface area (Å²) in [6.45, 7) is 2.30. The number of nitrogens with one attached hydrogen (secondary N) is 1. The summed E-state index contributed by atoms with van der Waals surface area (Å²) in [5.74, 6) is 0.607. The van der Waals surface area contributed by atoms with E-state index in [4.69, 9.17) is 16.3 Å². The van der Waals surface area contributed by atoms with Crippen LogP contribution in [0.15, 0.2) is 88.9 Å². The lowest BCUT2D eigenvalue weighted by atomic mass is 10.2. The zero-order valence-electron chi connectivity index (χ0n) is 15.9. The van der Waals surface area contributed by atoms with Crippen molar-refractivity contribution in [2.45, 2.75) is 23.7 Å². The largest absolute Gasteiger partial charge is 0.489 e. The summed E-state index contributed by atoms with van der Waals surface area (Å²) in [6.07, 6.45) is 1.61. The fourth-order valence-corrected chi connectivity index (χ4v) is 3.56. The minimum absolute atomic E-state index is 0.142. The molecule has 0 fully saturated rings. The molecule has 0 bridgehead atoms. The van der Waals surface area contributed by atoms with Crippen molar-refractivity contribution >= 4 is 35.5 Å². The molecule has 0 saturated carbocycles. The summed E-state index contributed by atoms with van der Waals surface area (Å²) in [4.78, 5) is 13.2. The van der Waals surface area contributed by atoms with Crippen molar-refractivity contribution in [1.29, 1.82) is 0 Å². The molecule has 4 nitrogen and oxygen atoms in total. The first-order valence-corrected chi connectivity index (χ1v) is 10.4. The lowest BCUT2D eigenvalue weighted by molar-refractivity contribution is -0.120. The highest BCUT2D eigenvalue weighted by atomic mass is 35.5. The Labute approximate surface area is 179 Å². The van der Waals surface area contributed by atoms with Crippen molar-refractivity contribution in [3.63, 3.8) is 0 Å². The van der Waals surface area contributed by atoms with E-state index in [1.165, 1.54) is 11.8 Å². The van der Waals surface area contributed by atoms with Gasteiger partial charge in [0.25, 0.3) is 5.91 Å². The Balaban J connectivity index is 1.46. The molecule has 0 aliphatic rings. The van der Waals surface area contributed by atoms with Gasteiger partial charge in [-0.2, -0.15) is 5.10 Å². The van der Waals surface area contributed by atoms with Gasteiger partial charge in [-0.05, 0) is 66.6 Å². The van der Waals surface area contributed by atoms with Crippen molar-refractivity contribution in [2.24, 2.45) is 5.10 Å². The maximum absolute atomic E-state index is 12.2. The van der Waals surface area contributed by atoms with Crippen LogP contribution in [0.3, 0.4) is 0 Å². The molecule has 0 radical (unpaired) electrons. The first-order valence-electron chi connectivity index (χ1n) is 9.12. The number of carbonyl (C=O) groups excluding carboxylic acids is 1. The second-order valence-corrected chi connectivity index (χ2v) is 8.15. The summed E-state index contributed by atoms with van der Waals surface area (Å²) in [5, 5.41) is 4.50. The average Bonchev–Trinajstić information content (AvgIpc) is 2.74. The number of nitrogens with zero attached hydrogens (tertiary/aromatic N) is 1. The number of halogens is 1. The van der Waals surface area contributed by atoms with Gasteiger partial charge in [-0.3, -0.25) is 4.79 Å². The smallest absolute Gasteiger partial charge is 0.253 e. The van der Waals surface area contributed by atoms with E-state index in [9.17, 15) is 4.79 Å². The third-order valence-electron chi connectivity index (χ3n) is 3.99. The van der Waals surface area contributed by atoms with Gasteiger partial charge in [0.15, 0.2) is 0 Å². The summed E-state index contributed by atoms with van der Waals surface area (Å²) < 4.78 is 5.76. The van der Waals surface area contributed by atoms with Crippen LogP contribution in [0.2, 0.25) is 5.02 Å². The van der Waals surface area contributed by atoms with Gasteiger partial charge in [0, 0.05) is 9.92 Å². The zero-order chi connectivity index (χ0) is 20.5. The number of carbonyl (C=O) groups is 1. The second kappa shape index (κ2) is 10.7. The predicted molar refractivity (Wildman–Crippen MR) is 120 cm³/mol. The monoisotopic (exact) mass is 424 g/mol. The van der Waals surface area contributed by atoms with Crippen molar-refractivity contribution in [3.05, 3.63) is 95.0 Å². The van der Waals surface area contributed by atoms with Crippen LogP contribution in [0.1, 0.15) is 18.1 Å². The lowest BCUT2D eigenvalue weighted by Crippen LogP contribution is -2.26. The van der Waals surface area contributed by atoms with E-state index in [0.717, 1.165) is 21.8 Å². The second-order valence-electron chi connectivity index (χ2n) is 6.30. The molecule has 6 heteroatoms. The van der Waals surface area contributed by atoms with Crippen molar-refractivity contribution in [3.8, 4) is 5.75 Å². The normalized spacial score (nSPS) is 11.9. The maximum Gasteiger partial charge on any atom is 0.253 e. The Morgan fingerprint density at radius 3 is 2.59 bits per heavy atom. The molecule has 1 atom stereocenters. The fourth-order valence-electron chi connectivity index (χ4n) is 2.46. The standard InChI is InChI=1S/C23H21ClN2O2S/c1-17(29-22-8-3-2-4-9-22)23(27)26-25-15-18-10-12-21(13-11-18)28-16-19-6-5-7-20(24)14-19/h2-15,17H,16H2,1H3,(H,26,27). The van der Waals surface area contributed by atoms with Crippen LogP contribution < -0.4 is 10.2 Å². The Hall–Kier alpha value is -2.76. The molecular formula is C23H21ClN2O2S. The van der Waals surface area contributed by atoms with E-state index in [2.05, 4.69) is 10.5 Å². The molecule has 0 aromatic heterocycles. The average molecular weight is 425 g/mol. The molecule has 3 rings (SSSR count). The highest BCUT2D eigenvalue weighted by Gasteiger charge is 2.13. The van der Waals surface area contributed by atoms with Crippen LogP contribution in [-0.4, -0.2) is 17.4 Å². The van der Waals surface area contributed by atoms with Gasteiger partial charge in [-0.15, -0.1) is 11.8 Å². The zero-order valence-corrected chi connectivity index (χ0v) is 17.5. The molecule has 3 aromatic rings. The van der Waals surface area contributed by atoms with Gasteiger partial charge in [0.1, 0.15) is 12.4 Å². The third-order valence-corrected chi connectivity index (χ3v) is 5.34. The van der Waals surface area contributed by atoms with E-state index in [-0.39, 0.29) is 11.2 Å². The molecule has 1 N–H and O–H groups in total. The topological polar surface area (TPSA) is 50.7 Å². The Kier molecular flexibility index (Phi) is 7.73. The van der Waals surface area contributed by atoms with E-state index in [1.807, 2.05) is 85.8 Å². The van der Waals surface area contributed by atoms with Crippen LogP contribution in [0.4, 0.5) is 0 Å². The van der Waals surface area contributed by atoms with Crippen molar-refractivity contribution in [1.82, 2.24) is 5.43 Å². The van der Waals surface area contributed by atoms with Gasteiger partial charge in [-0.1, -0.05) is 41.9 Å². The van der Waals surface area contributed by atoms with Gasteiger partial charge in [0.2, 0.25) is 0 Å². The quantitative estimate of drug-likeness (QED) is 0.293. The fraction of sp³-hybridized carbons (Fsp3) is 0.130. The number of benzene rings is 3. The minimum Gasteiger partial charge on any atom is -0.489 e.